The highest BCUT2D eigenvalue weighted by Gasteiger charge is 2.61. The van der Waals surface area contributed by atoms with Gasteiger partial charge in [-0.15, -0.1) is 0 Å². The molecular weight excluding hydrogens is 685 g/mol. The maximum absolute atomic E-state index is 15.5. The summed E-state index contributed by atoms with van der Waals surface area (Å²) in [6.45, 7) is 2.92. The summed E-state index contributed by atoms with van der Waals surface area (Å²) in [6.07, 6.45) is -1.11. The minimum absolute atomic E-state index is 0.00795. The first-order valence-corrected chi connectivity index (χ1v) is 16.9. The Morgan fingerprint density at radius 1 is 1.02 bits per heavy atom. The molecule has 1 aliphatic rings. The zero-order chi connectivity index (χ0) is 37.1. The number of Topliss-reactive ketones (excluding diaryl/α,β-unsaturated/α-hetero) is 1. The van der Waals surface area contributed by atoms with E-state index in [1.165, 1.54) is 17.9 Å². The van der Waals surface area contributed by atoms with Crippen LogP contribution in [-0.2, 0) is 29.7 Å². The number of halogens is 3. The second-order valence-corrected chi connectivity index (χ2v) is 13.5. The molecule has 1 fully saturated rings. The third kappa shape index (κ3) is 6.82. The fourth-order valence-electron chi connectivity index (χ4n) is 6.30. The number of nitrogens with one attached hydrogen (secondary N) is 2. The summed E-state index contributed by atoms with van der Waals surface area (Å²) in [7, 11) is -1.99. The first kappa shape index (κ1) is 37.7. The van der Waals surface area contributed by atoms with E-state index in [2.05, 4.69) is 15.4 Å². The maximum atomic E-state index is 15.5. The number of sulfone groups is 1. The maximum Gasteiger partial charge on any atom is 0.411 e. The lowest BCUT2D eigenvalue weighted by Gasteiger charge is -2.43. The molecule has 0 saturated carbocycles. The van der Waals surface area contributed by atoms with Crippen molar-refractivity contribution in [3.63, 3.8) is 0 Å². The zero-order valence-corrected chi connectivity index (χ0v) is 28.2. The number of nitrogens with zero attached hydrogens (tertiary/aromatic N) is 1. The number of hydrogen-bond acceptors (Lipinski definition) is 10. The summed E-state index contributed by atoms with van der Waals surface area (Å²) in [4.78, 5) is 53.8. The fourth-order valence-corrected chi connectivity index (χ4v) is 7.44. The van der Waals surface area contributed by atoms with Crippen molar-refractivity contribution >= 4 is 45.0 Å². The first-order chi connectivity index (χ1) is 23.6. The number of methoxy groups -OCH3 is 2. The van der Waals surface area contributed by atoms with Gasteiger partial charge in [0.1, 0.15) is 23.2 Å². The molecule has 0 spiro atoms. The largest absolute Gasteiger partial charge is 0.494 e. The third-order valence-electron chi connectivity index (χ3n) is 8.68. The molecule has 1 heterocycles. The Morgan fingerprint density at radius 2 is 1.72 bits per heavy atom. The molecule has 0 aromatic heterocycles. The smallest absolute Gasteiger partial charge is 0.411 e. The van der Waals surface area contributed by atoms with Crippen molar-refractivity contribution < 1.29 is 55.3 Å². The van der Waals surface area contributed by atoms with Crippen molar-refractivity contribution in [1.82, 2.24) is 4.90 Å². The van der Waals surface area contributed by atoms with Crippen molar-refractivity contribution in [2.45, 2.75) is 36.7 Å². The van der Waals surface area contributed by atoms with E-state index in [4.69, 9.17) is 10.5 Å². The predicted octanol–water partition coefficient (Wildman–Crippen LogP) is 4.23. The number of carbonyl (C=O) groups is 4. The van der Waals surface area contributed by atoms with Gasteiger partial charge in [0.25, 0.3) is 5.91 Å². The number of nitrogens with two attached hydrogens (primary N) is 1. The summed E-state index contributed by atoms with van der Waals surface area (Å²) in [5.41, 5.74) is 1.08. The number of anilines is 2. The zero-order valence-electron chi connectivity index (χ0n) is 27.4. The van der Waals surface area contributed by atoms with E-state index >= 15 is 9.18 Å². The van der Waals surface area contributed by atoms with Crippen molar-refractivity contribution in [2.24, 2.45) is 11.7 Å². The molecule has 0 unspecified atom stereocenters. The highest BCUT2D eigenvalue weighted by atomic mass is 32.2. The van der Waals surface area contributed by atoms with Crippen molar-refractivity contribution in [3.8, 4) is 5.75 Å². The quantitative estimate of drug-likeness (QED) is 0.197. The highest BCUT2D eigenvalue weighted by molar-refractivity contribution is 7.91. The van der Waals surface area contributed by atoms with Gasteiger partial charge in [0.05, 0.1) is 42.0 Å². The van der Waals surface area contributed by atoms with Crippen LogP contribution >= 0.6 is 0 Å². The van der Waals surface area contributed by atoms with Gasteiger partial charge < -0.3 is 25.6 Å². The number of amides is 2. The van der Waals surface area contributed by atoms with Crippen molar-refractivity contribution in [3.05, 3.63) is 82.7 Å². The molecule has 1 aliphatic heterocycles. The SMILES string of the molecule is CCN1CC[C@H](C(=O)O)[C@]1(C(=O)[C@H](Nc1cc(C(N)=O)c(F)cc1F)c1ccc(F)c(OC)c1)c1cc(NC(=O)OC)ccc1S(=O)(=O)CC. The van der Waals surface area contributed by atoms with E-state index in [-0.39, 0.29) is 42.1 Å². The second-order valence-electron chi connectivity index (χ2n) is 11.3. The number of likely N-dealkylation sites (N-methyl/N-ethyl adjacent to an activating group) is 1. The van der Waals surface area contributed by atoms with Gasteiger partial charge in [-0.1, -0.05) is 19.9 Å². The molecule has 50 heavy (non-hydrogen) atoms. The number of hydrogen-bond donors (Lipinski definition) is 4. The number of ketones is 1. The van der Waals surface area contributed by atoms with Gasteiger partial charge in [0.2, 0.25) is 0 Å². The molecule has 0 radical (unpaired) electrons. The summed E-state index contributed by atoms with van der Waals surface area (Å²) in [6, 6.07) is 5.92. The number of primary amides is 1. The molecule has 1 saturated heterocycles. The van der Waals surface area contributed by atoms with Crippen LogP contribution in [-0.4, -0.2) is 75.2 Å². The first-order valence-electron chi connectivity index (χ1n) is 15.2. The predicted molar refractivity (Wildman–Crippen MR) is 174 cm³/mol. The van der Waals surface area contributed by atoms with E-state index in [0.29, 0.717) is 6.07 Å². The number of rotatable bonds is 13. The van der Waals surface area contributed by atoms with Crippen LogP contribution in [0, 0.1) is 23.4 Å². The molecule has 2 amide bonds. The van der Waals surface area contributed by atoms with E-state index in [0.717, 1.165) is 50.6 Å². The molecule has 3 aromatic rings. The number of likely N-dealkylation sites (tertiary alicyclic amines) is 1. The molecule has 268 valence electrons. The van der Waals surface area contributed by atoms with Gasteiger partial charge in [0, 0.05) is 23.9 Å². The number of benzene rings is 3. The summed E-state index contributed by atoms with van der Waals surface area (Å²) < 4.78 is 81.6. The summed E-state index contributed by atoms with van der Waals surface area (Å²) in [5.74, 6) is -9.70. The number of carboxylic acid groups (broad SMARTS) is 1. The molecule has 3 atom stereocenters. The van der Waals surface area contributed by atoms with E-state index < -0.39 is 90.4 Å². The Morgan fingerprint density at radius 3 is 2.30 bits per heavy atom. The van der Waals surface area contributed by atoms with Gasteiger partial charge in [-0.25, -0.2) is 26.4 Å². The minimum atomic E-state index is -4.22. The molecule has 4 rings (SSSR count). The van der Waals surface area contributed by atoms with Gasteiger partial charge in [-0.2, -0.15) is 0 Å². The lowest BCUT2D eigenvalue weighted by Crippen LogP contribution is -2.56. The van der Waals surface area contributed by atoms with Crippen molar-refractivity contribution in [1.29, 1.82) is 0 Å². The fraction of sp³-hybridized carbons (Fsp3) is 0.333. The van der Waals surface area contributed by atoms with Gasteiger partial charge in [-0.05, 0) is 54.9 Å². The van der Waals surface area contributed by atoms with E-state index in [1.54, 1.807) is 6.92 Å². The molecule has 5 N–H and O–H groups in total. The molecule has 3 aromatic carbocycles. The Bertz CT molecular complexity index is 1960. The normalized spacial score (nSPS) is 18.3. The number of aliphatic carboxylic acids is 1. The van der Waals surface area contributed by atoms with Crippen LogP contribution in [0.15, 0.2) is 53.4 Å². The van der Waals surface area contributed by atoms with Crippen LogP contribution in [0.25, 0.3) is 0 Å². The minimum Gasteiger partial charge on any atom is -0.494 e. The summed E-state index contributed by atoms with van der Waals surface area (Å²) in [5, 5.41) is 15.7. The number of ether oxygens (including phenoxy) is 2. The number of carbonyl (C=O) groups excluding carboxylic acids is 3. The van der Waals surface area contributed by atoms with Crippen molar-refractivity contribution in [2.75, 3.05) is 43.7 Å². The van der Waals surface area contributed by atoms with Crippen LogP contribution in [0.1, 0.15) is 47.8 Å². The lowest BCUT2D eigenvalue weighted by atomic mass is 9.72. The Balaban J connectivity index is 2.15. The standard InChI is InChI=1S/C33H35F3N4O9S/c1-5-40-12-11-20(31(43)44)33(40,21-14-18(38-32(45)49-4)8-10-27(21)50(46,47)6-2)29(41)28(17-7-9-22(34)26(13-17)48-3)39-25-15-19(30(37)42)23(35)16-24(25)36/h7-10,13-16,20,28,39H,5-6,11-12H2,1-4H3,(H2,37,42)(H,38,45)(H,43,44)/t20-,28-,33-/m1/s1. The van der Waals surface area contributed by atoms with E-state index in [1.807, 2.05) is 0 Å². The lowest BCUT2D eigenvalue weighted by molar-refractivity contribution is -0.151. The Hall–Kier alpha value is -5.16. The van der Waals surface area contributed by atoms with Gasteiger partial charge in [0.15, 0.2) is 27.2 Å². The molecular formula is C33H35F3N4O9S. The van der Waals surface area contributed by atoms with Crippen LogP contribution < -0.4 is 21.1 Å². The van der Waals surface area contributed by atoms with Crippen LogP contribution in [0.3, 0.4) is 0 Å². The van der Waals surface area contributed by atoms with Gasteiger partial charge >= 0.3 is 12.1 Å². The summed E-state index contributed by atoms with van der Waals surface area (Å²) >= 11 is 0. The van der Waals surface area contributed by atoms with Crippen LogP contribution in [0.5, 0.6) is 5.75 Å². The topological polar surface area (TPSA) is 194 Å². The Kier molecular flexibility index (Phi) is 11.1. The average Bonchev–Trinajstić information content (AvgIpc) is 3.48. The Labute approximate surface area is 285 Å². The monoisotopic (exact) mass is 720 g/mol. The van der Waals surface area contributed by atoms with E-state index in [9.17, 15) is 36.7 Å². The molecule has 17 heteroatoms. The molecule has 0 bridgehead atoms. The highest BCUT2D eigenvalue weighted by Crippen LogP contribution is 2.50. The van der Waals surface area contributed by atoms with Crippen LogP contribution in [0.4, 0.5) is 29.3 Å². The van der Waals surface area contributed by atoms with Gasteiger partial charge in [-0.3, -0.25) is 24.6 Å². The van der Waals surface area contributed by atoms with Crippen LogP contribution in [0.2, 0.25) is 0 Å². The number of carboxylic acids is 1. The molecule has 0 aliphatic carbocycles. The third-order valence-corrected chi connectivity index (χ3v) is 10.5. The second kappa shape index (κ2) is 14.8. The molecule has 13 nitrogen and oxygen atoms in total. The average molecular weight is 721 g/mol.